The number of nitrogens with one attached hydrogen (secondary N) is 1. The van der Waals surface area contributed by atoms with Crippen molar-refractivity contribution in [3.8, 4) is 0 Å². The first-order chi connectivity index (χ1) is 14.7. The second kappa shape index (κ2) is 9.54. The van der Waals surface area contributed by atoms with Crippen molar-refractivity contribution in [3.05, 3.63) is 53.6 Å². The van der Waals surface area contributed by atoms with Gasteiger partial charge in [0, 0.05) is 13.1 Å². The van der Waals surface area contributed by atoms with Gasteiger partial charge in [-0.2, -0.15) is 4.31 Å². The van der Waals surface area contributed by atoms with Crippen LogP contribution in [0.5, 0.6) is 0 Å². The van der Waals surface area contributed by atoms with Crippen molar-refractivity contribution in [3.63, 3.8) is 0 Å². The molecule has 1 N–H and O–H groups in total. The maximum atomic E-state index is 12.5. The van der Waals surface area contributed by atoms with E-state index in [1.165, 1.54) is 39.9 Å². The summed E-state index contributed by atoms with van der Waals surface area (Å²) in [6, 6.07) is 11.2. The van der Waals surface area contributed by atoms with Crippen LogP contribution in [0.3, 0.4) is 0 Å². The molecule has 8 nitrogen and oxygen atoms in total. The molecule has 0 unspecified atom stereocenters. The van der Waals surface area contributed by atoms with E-state index in [1.54, 1.807) is 13.8 Å². The number of anilines is 1. The first-order valence-electron chi connectivity index (χ1n) is 9.69. The standard InChI is InChI=1S/C21H23N3O5S2/c1-4-24(5-2)31(27,28)16-9-7-15(8-10-16)20(26)29-13-19(25)23-21-22-17-11-6-14(3)12-18(17)30-21/h6-12H,4-5,13H2,1-3H3,(H,22,23,25). The van der Waals surface area contributed by atoms with Crippen LogP contribution in [0.1, 0.15) is 29.8 Å². The Morgan fingerprint density at radius 3 is 2.42 bits per heavy atom. The predicted molar refractivity (Wildman–Crippen MR) is 120 cm³/mol. The molecule has 0 aliphatic carbocycles. The Bertz CT molecular complexity index is 1200. The zero-order valence-electron chi connectivity index (χ0n) is 17.4. The maximum Gasteiger partial charge on any atom is 0.338 e. The molecule has 1 amide bonds. The molecule has 1 heterocycles. The number of carbonyl (C=O) groups is 2. The molecule has 0 aliphatic rings. The molecule has 0 bridgehead atoms. The molecule has 0 radical (unpaired) electrons. The van der Waals surface area contributed by atoms with E-state index in [9.17, 15) is 18.0 Å². The Hall–Kier alpha value is -2.82. The van der Waals surface area contributed by atoms with Crippen molar-refractivity contribution >= 4 is 48.6 Å². The average molecular weight is 462 g/mol. The summed E-state index contributed by atoms with van der Waals surface area (Å²) in [7, 11) is -3.61. The fourth-order valence-electron chi connectivity index (χ4n) is 2.93. The Labute approximate surface area is 184 Å². The fourth-order valence-corrected chi connectivity index (χ4v) is 5.37. The van der Waals surface area contributed by atoms with Gasteiger partial charge in [0.2, 0.25) is 10.0 Å². The third kappa shape index (κ3) is 5.27. The highest BCUT2D eigenvalue weighted by molar-refractivity contribution is 7.89. The summed E-state index contributed by atoms with van der Waals surface area (Å²) in [4.78, 5) is 28.7. The lowest BCUT2D eigenvalue weighted by molar-refractivity contribution is -0.119. The van der Waals surface area contributed by atoms with Gasteiger partial charge in [0.05, 0.1) is 20.7 Å². The number of fused-ring (bicyclic) bond motifs is 1. The van der Waals surface area contributed by atoms with E-state index in [0.29, 0.717) is 18.2 Å². The first-order valence-corrected chi connectivity index (χ1v) is 11.9. The van der Waals surface area contributed by atoms with Crippen LogP contribution >= 0.6 is 11.3 Å². The topological polar surface area (TPSA) is 106 Å². The van der Waals surface area contributed by atoms with Gasteiger partial charge in [0.25, 0.3) is 5.91 Å². The van der Waals surface area contributed by atoms with Gasteiger partial charge in [0.1, 0.15) is 0 Å². The lowest BCUT2D eigenvalue weighted by Gasteiger charge is -2.18. The number of carbonyl (C=O) groups excluding carboxylic acids is 2. The Morgan fingerprint density at radius 1 is 1.10 bits per heavy atom. The Balaban J connectivity index is 1.59. The summed E-state index contributed by atoms with van der Waals surface area (Å²) >= 11 is 1.34. The van der Waals surface area contributed by atoms with Gasteiger partial charge in [-0.25, -0.2) is 18.2 Å². The highest BCUT2D eigenvalue weighted by atomic mass is 32.2. The molecule has 164 valence electrons. The highest BCUT2D eigenvalue weighted by Crippen LogP contribution is 2.26. The van der Waals surface area contributed by atoms with Gasteiger partial charge in [-0.1, -0.05) is 31.3 Å². The van der Waals surface area contributed by atoms with Crippen LogP contribution < -0.4 is 5.32 Å². The zero-order chi connectivity index (χ0) is 22.6. The van der Waals surface area contributed by atoms with E-state index in [1.807, 2.05) is 25.1 Å². The molecule has 0 aliphatic heterocycles. The normalized spacial score (nSPS) is 11.6. The van der Waals surface area contributed by atoms with Gasteiger partial charge in [-0.05, 0) is 48.9 Å². The smallest absolute Gasteiger partial charge is 0.338 e. The van der Waals surface area contributed by atoms with E-state index in [2.05, 4.69) is 10.3 Å². The Kier molecular flexibility index (Phi) is 7.04. The van der Waals surface area contributed by atoms with Gasteiger partial charge in [0.15, 0.2) is 11.7 Å². The fraction of sp³-hybridized carbons (Fsp3) is 0.286. The third-order valence-corrected chi connectivity index (χ3v) is 7.56. The lowest BCUT2D eigenvalue weighted by atomic mass is 10.2. The van der Waals surface area contributed by atoms with Crippen molar-refractivity contribution < 1.29 is 22.7 Å². The number of esters is 1. The van der Waals surface area contributed by atoms with Gasteiger partial charge < -0.3 is 4.74 Å². The molecule has 0 saturated heterocycles. The van der Waals surface area contributed by atoms with Crippen LogP contribution in [-0.4, -0.2) is 49.3 Å². The number of hydrogen-bond acceptors (Lipinski definition) is 7. The maximum absolute atomic E-state index is 12.5. The number of amides is 1. The summed E-state index contributed by atoms with van der Waals surface area (Å²) in [6.45, 7) is 5.72. The van der Waals surface area contributed by atoms with Crippen LogP contribution in [0.15, 0.2) is 47.4 Å². The van der Waals surface area contributed by atoms with Crippen molar-refractivity contribution in [1.82, 2.24) is 9.29 Å². The first kappa shape index (κ1) is 22.9. The molecular formula is C21H23N3O5S2. The summed E-state index contributed by atoms with van der Waals surface area (Å²) in [6.07, 6.45) is 0. The zero-order valence-corrected chi connectivity index (χ0v) is 19.0. The van der Waals surface area contributed by atoms with Crippen molar-refractivity contribution in [2.24, 2.45) is 0 Å². The number of hydrogen-bond donors (Lipinski definition) is 1. The molecular weight excluding hydrogens is 438 g/mol. The minimum absolute atomic E-state index is 0.0940. The van der Waals surface area contributed by atoms with Crippen LogP contribution in [-0.2, 0) is 19.6 Å². The van der Waals surface area contributed by atoms with Crippen molar-refractivity contribution in [2.75, 3.05) is 25.0 Å². The molecule has 0 fully saturated rings. The number of rotatable bonds is 8. The average Bonchev–Trinajstić information content (AvgIpc) is 3.14. The van der Waals surface area contributed by atoms with Crippen LogP contribution in [0, 0.1) is 6.92 Å². The summed E-state index contributed by atoms with van der Waals surface area (Å²) in [5.74, 6) is -1.23. The molecule has 0 spiro atoms. The predicted octanol–water partition coefficient (Wildman–Crippen LogP) is 3.43. The SMILES string of the molecule is CCN(CC)S(=O)(=O)c1ccc(C(=O)OCC(=O)Nc2nc3ccc(C)cc3s2)cc1. The van der Waals surface area contributed by atoms with E-state index in [0.717, 1.165) is 15.8 Å². The van der Waals surface area contributed by atoms with Gasteiger partial charge in [-0.3, -0.25) is 10.1 Å². The molecule has 3 aromatic rings. The number of benzene rings is 2. The van der Waals surface area contributed by atoms with Crippen molar-refractivity contribution in [1.29, 1.82) is 0 Å². The number of nitrogens with zero attached hydrogens (tertiary/aromatic N) is 2. The van der Waals surface area contributed by atoms with Gasteiger partial charge >= 0.3 is 5.97 Å². The third-order valence-electron chi connectivity index (χ3n) is 4.56. The van der Waals surface area contributed by atoms with Gasteiger partial charge in [-0.15, -0.1) is 0 Å². The minimum atomic E-state index is -3.61. The number of aryl methyl sites for hydroxylation is 1. The number of sulfonamides is 1. The number of thiazole rings is 1. The largest absolute Gasteiger partial charge is 0.452 e. The summed E-state index contributed by atoms with van der Waals surface area (Å²) < 4.78 is 32.3. The van der Waals surface area contributed by atoms with Crippen LogP contribution in [0.4, 0.5) is 5.13 Å². The van der Waals surface area contributed by atoms with Crippen LogP contribution in [0.25, 0.3) is 10.2 Å². The van der Waals surface area contributed by atoms with E-state index < -0.39 is 28.5 Å². The monoisotopic (exact) mass is 461 g/mol. The molecule has 1 aromatic heterocycles. The number of aromatic nitrogens is 1. The highest BCUT2D eigenvalue weighted by Gasteiger charge is 2.22. The molecule has 2 aromatic carbocycles. The minimum Gasteiger partial charge on any atom is -0.452 e. The molecule has 0 atom stereocenters. The van der Waals surface area contributed by atoms with E-state index >= 15 is 0 Å². The van der Waals surface area contributed by atoms with Crippen LogP contribution in [0.2, 0.25) is 0 Å². The second-order valence-corrected chi connectivity index (χ2v) is 9.70. The second-order valence-electron chi connectivity index (χ2n) is 6.73. The Morgan fingerprint density at radius 2 is 1.77 bits per heavy atom. The summed E-state index contributed by atoms with van der Waals surface area (Å²) in [5, 5.41) is 3.04. The lowest BCUT2D eigenvalue weighted by Crippen LogP contribution is -2.30. The molecule has 0 saturated carbocycles. The molecule has 31 heavy (non-hydrogen) atoms. The van der Waals surface area contributed by atoms with E-state index in [-0.39, 0.29) is 10.5 Å². The van der Waals surface area contributed by atoms with Crippen molar-refractivity contribution in [2.45, 2.75) is 25.7 Å². The molecule has 10 heteroatoms. The van der Waals surface area contributed by atoms with E-state index in [4.69, 9.17) is 4.74 Å². The quantitative estimate of drug-likeness (QED) is 0.515. The number of ether oxygens (including phenoxy) is 1. The summed E-state index contributed by atoms with van der Waals surface area (Å²) in [5.41, 5.74) is 2.03. The molecule has 3 rings (SSSR count).